The standard InChI is InChI=1S/C12H6BrCl2FN2O/c13-8-2-1-6(3-10(8)16)18-12(19)7-4-11(15)17-5-9(7)14/h1-5H,(H,18,19). The molecule has 0 radical (unpaired) electrons. The van der Waals surface area contributed by atoms with Gasteiger partial charge in [-0.3, -0.25) is 4.79 Å². The minimum Gasteiger partial charge on any atom is -0.322 e. The lowest BCUT2D eigenvalue weighted by atomic mass is 10.2. The first kappa shape index (κ1) is 14.2. The number of anilines is 1. The zero-order valence-corrected chi connectivity index (χ0v) is 12.4. The molecule has 3 nitrogen and oxygen atoms in total. The van der Waals surface area contributed by atoms with E-state index in [1.165, 1.54) is 24.4 Å². The van der Waals surface area contributed by atoms with Crippen LogP contribution in [0.25, 0.3) is 0 Å². The highest BCUT2D eigenvalue weighted by Gasteiger charge is 2.12. The second-order valence-electron chi connectivity index (χ2n) is 3.57. The predicted octanol–water partition coefficient (Wildman–Crippen LogP) is 4.54. The number of carbonyl (C=O) groups is 1. The highest BCUT2D eigenvalue weighted by atomic mass is 79.9. The van der Waals surface area contributed by atoms with Crippen LogP contribution in [0.4, 0.5) is 10.1 Å². The Labute approximate surface area is 126 Å². The number of benzene rings is 1. The van der Waals surface area contributed by atoms with E-state index < -0.39 is 11.7 Å². The molecule has 19 heavy (non-hydrogen) atoms. The van der Waals surface area contributed by atoms with Crippen LogP contribution in [0.3, 0.4) is 0 Å². The number of aromatic nitrogens is 1. The molecule has 0 fully saturated rings. The van der Waals surface area contributed by atoms with Crippen molar-refractivity contribution in [3.05, 3.63) is 56.5 Å². The molecule has 0 aliphatic rings. The lowest BCUT2D eigenvalue weighted by molar-refractivity contribution is 0.102. The van der Waals surface area contributed by atoms with Gasteiger partial charge in [-0.1, -0.05) is 23.2 Å². The fourth-order valence-corrected chi connectivity index (χ4v) is 1.95. The van der Waals surface area contributed by atoms with Gasteiger partial charge in [0.2, 0.25) is 0 Å². The van der Waals surface area contributed by atoms with E-state index in [1.807, 2.05) is 0 Å². The summed E-state index contributed by atoms with van der Waals surface area (Å²) in [6.07, 6.45) is 1.28. The lowest BCUT2D eigenvalue weighted by Gasteiger charge is -2.07. The van der Waals surface area contributed by atoms with Crippen LogP contribution >= 0.6 is 39.1 Å². The number of nitrogens with one attached hydrogen (secondary N) is 1. The molecule has 2 aromatic rings. The molecule has 1 amide bonds. The Bertz CT molecular complexity index is 652. The van der Waals surface area contributed by atoms with Gasteiger partial charge in [-0.05, 0) is 40.2 Å². The maximum atomic E-state index is 13.3. The molecular formula is C12H6BrCl2FN2O. The first-order chi connectivity index (χ1) is 8.97. The summed E-state index contributed by atoms with van der Waals surface area (Å²) in [7, 11) is 0. The Kier molecular flexibility index (Phi) is 4.39. The zero-order valence-electron chi connectivity index (χ0n) is 9.25. The van der Waals surface area contributed by atoms with Gasteiger partial charge in [0.05, 0.1) is 15.1 Å². The van der Waals surface area contributed by atoms with Gasteiger partial charge < -0.3 is 5.32 Å². The summed E-state index contributed by atoms with van der Waals surface area (Å²) in [5, 5.41) is 2.84. The summed E-state index contributed by atoms with van der Waals surface area (Å²) in [5.41, 5.74) is 0.486. The van der Waals surface area contributed by atoms with E-state index >= 15 is 0 Å². The largest absolute Gasteiger partial charge is 0.322 e. The van der Waals surface area contributed by atoms with E-state index in [-0.39, 0.29) is 15.7 Å². The predicted molar refractivity (Wildman–Crippen MR) is 76.3 cm³/mol. The van der Waals surface area contributed by atoms with Gasteiger partial charge in [-0.25, -0.2) is 9.37 Å². The van der Waals surface area contributed by atoms with Crippen LogP contribution in [0.2, 0.25) is 10.2 Å². The Morgan fingerprint density at radius 3 is 2.74 bits per heavy atom. The second kappa shape index (κ2) is 5.86. The lowest BCUT2D eigenvalue weighted by Crippen LogP contribution is -2.13. The number of pyridine rings is 1. The summed E-state index contributed by atoms with van der Waals surface area (Å²) in [4.78, 5) is 15.7. The summed E-state index contributed by atoms with van der Waals surface area (Å²) in [6.45, 7) is 0. The van der Waals surface area contributed by atoms with Gasteiger partial charge in [0, 0.05) is 11.9 Å². The van der Waals surface area contributed by atoms with Crippen molar-refractivity contribution in [2.45, 2.75) is 0 Å². The van der Waals surface area contributed by atoms with Crippen molar-refractivity contribution >= 4 is 50.7 Å². The van der Waals surface area contributed by atoms with E-state index in [9.17, 15) is 9.18 Å². The van der Waals surface area contributed by atoms with Gasteiger partial charge in [0.15, 0.2) is 0 Å². The van der Waals surface area contributed by atoms with E-state index in [0.29, 0.717) is 10.2 Å². The Hall–Kier alpha value is -1.17. The number of hydrogen-bond acceptors (Lipinski definition) is 2. The average Bonchev–Trinajstić information content (AvgIpc) is 2.36. The van der Waals surface area contributed by atoms with Crippen LogP contribution < -0.4 is 5.32 Å². The number of amides is 1. The second-order valence-corrected chi connectivity index (χ2v) is 5.22. The van der Waals surface area contributed by atoms with Crippen LogP contribution in [-0.2, 0) is 0 Å². The van der Waals surface area contributed by atoms with Crippen LogP contribution in [0.15, 0.2) is 34.9 Å². The number of halogens is 4. The molecule has 0 atom stereocenters. The first-order valence-corrected chi connectivity index (χ1v) is 6.59. The maximum Gasteiger partial charge on any atom is 0.257 e. The smallest absolute Gasteiger partial charge is 0.257 e. The molecule has 0 aliphatic heterocycles. The summed E-state index contributed by atoms with van der Waals surface area (Å²) < 4.78 is 13.6. The fraction of sp³-hybridized carbons (Fsp3) is 0. The number of nitrogens with zero attached hydrogens (tertiary/aromatic N) is 1. The fourth-order valence-electron chi connectivity index (χ4n) is 1.36. The van der Waals surface area contributed by atoms with Crippen molar-refractivity contribution in [3.63, 3.8) is 0 Å². The van der Waals surface area contributed by atoms with E-state index in [1.54, 1.807) is 6.07 Å². The molecular weight excluding hydrogens is 358 g/mol. The zero-order chi connectivity index (χ0) is 14.0. The molecule has 1 heterocycles. The number of rotatable bonds is 2. The van der Waals surface area contributed by atoms with Crippen molar-refractivity contribution in [1.29, 1.82) is 0 Å². The van der Waals surface area contributed by atoms with Gasteiger partial charge >= 0.3 is 0 Å². The Balaban J connectivity index is 2.25. The monoisotopic (exact) mass is 362 g/mol. The quantitative estimate of drug-likeness (QED) is 0.795. The van der Waals surface area contributed by atoms with E-state index in [0.717, 1.165) is 0 Å². The molecule has 2 rings (SSSR count). The molecule has 1 N–H and O–H groups in total. The number of hydrogen-bond donors (Lipinski definition) is 1. The van der Waals surface area contributed by atoms with Crippen molar-refractivity contribution < 1.29 is 9.18 Å². The minimum absolute atomic E-state index is 0.150. The molecule has 7 heteroatoms. The molecule has 0 saturated heterocycles. The molecule has 98 valence electrons. The van der Waals surface area contributed by atoms with Crippen LogP contribution in [0.5, 0.6) is 0 Å². The molecule has 1 aromatic carbocycles. The molecule has 0 unspecified atom stereocenters. The van der Waals surface area contributed by atoms with E-state index in [2.05, 4.69) is 26.2 Å². The molecule has 0 bridgehead atoms. The number of carbonyl (C=O) groups excluding carboxylic acids is 1. The minimum atomic E-state index is -0.490. The van der Waals surface area contributed by atoms with Crippen LogP contribution in [0.1, 0.15) is 10.4 Å². The molecule has 1 aromatic heterocycles. The summed E-state index contributed by atoms with van der Waals surface area (Å²) >= 11 is 14.6. The SMILES string of the molecule is O=C(Nc1ccc(Br)c(F)c1)c1cc(Cl)ncc1Cl. The normalized spacial score (nSPS) is 10.3. The van der Waals surface area contributed by atoms with Crippen molar-refractivity contribution in [2.24, 2.45) is 0 Å². The van der Waals surface area contributed by atoms with Gasteiger partial charge in [-0.2, -0.15) is 0 Å². The highest BCUT2D eigenvalue weighted by molar-refractivity contribution is 9.10. The molecule has 0 saturated carbocycles. The van der Waals surface area contributed by atoms with Crippen molar-refractivity contribution in [3.8, 4) is 0 Å². The van der Waals surface area contributed by atoms with Crippen molar-refractivity contribution in [2.75, 3.05) is 5.32 Å². The third kappa shape index (κ3) is 3.43. The summed E-state index contributed by atoms with van der Waals surface area (Å²) in [5.74, 6) is -0.965. The third-order valence-corrected chi connectivity index (χ3v) is 3.40. The molecule has 0 aliphatic carbocycles. The van der Waals surface area contributed by atoms with Crippen LogP contribution in [-0.4, -0.2) is 10.9 Å². The van der Waals surface area contributed by atoms with Gasteiger partial charge in [0.25, 0.3) is 5.91 Å². The summed E-state index contributed by atoms with van der Waals surface area (Å²) in [6, 6.07) is 5.58. The van der Waals surface area contributed by atoms with Gasteiger partial charge in [0.1, 0.15) is 11.0 Å². The maximum absolute atomic E-state index is 13.3. The highest BCUT2D eigenvalue weighted by Crippen LogP contribution is 2.22. The topological polar surface area (TPSA) is 42.0 Å². The third-order valence-electron chi connectivity index (χ3n) is 2.24. The first-order valence-electron chi connectivity index (χ1n) is 5.05. The van der Waals surface area contributed by atoms with Gasteiger partial charge in [-0.15, -0.1) is 0 Å². The van der Waals surface area contributed by atoms with Crippen LogP contribution in [0, 0.1) is 5.82 Å². The molecule has 0 spiro atoms. The Morgan fingerprint density at radius 1 is 1.32 bits per heavy atom. The van der Waals surface area contributed by atoms with E-state index in [4.69, 9.17) is 23.2 Å². The van der Waals surface area contributed by atoms with Crippen molar-refractivity contribution in [1.82, 2.24) is 4.98 Å². The Morgan fingerprint density at radius 2 is 2.05 bits per heavy atom. The average molecular weight is 364 g/mol.